The summed E-state index contributed by atoms with van der Waals surface area (Å²) in [5.74, 6) is 1.75. The Morgan fingerprint density at radius 3 is 2.40 bits per heavy atom. The number of aromatic nitrogens is 3. The van der Waals surface area contributed by atoms with Crippen molar-refractivity contribution in [2.45, 2.75) is 38.9 Å². The van der Waals surface area contributed by atoms with Crippen LogP contribution in [0.1, 0.15) is 32.5 Å². The van der Waals surface area contributed by atoms with Gasteiger partial charge in [-0.25, -0.2) is 4.98 Å². The van der Waals surface area contributed by atoms with Gasteiger partial charge >= 0.3 is 0 Å². The van der Waals surface area contributed by atoms with Gasteiger partial charge in [0.2, 0.25) is 4.77 Å². The summed E-state index contributed by atoms with van der Waals surface area (Å²) in [7, 11) is 1.88. The van der Waals surface area contributed by atoms with Crippen LogP contribution in [0.2, 0.25) is 0 Å². The standard InChI is InChI=1S/C10H17N3OS/c1-5-6(2)14-7(3)8(5)9-11-10(15)13(4)12-9/h5-8H,1-4H3,(H,11,12,15). The van der Waals surface area contributed by atoms with Crippen molar-refractivity contribution in [2.24, 2.45) is 13.0 Å². The minimum atomic E-state index is 0.204. The predicted octanol–water partition coefficient (Wildman–Crippen LogP) is 2.00. The van der Waals surface area contributed by atoms with Crippen LogP contribution in [-0.2, 0) is 11.8 Å². The summed E-state index contributed by atoms with van der Waals surface area (Å²) in [6, 6.07) is 0. The van der Waals surface area contributed by atoms with Crippen molar-refractivity contribution in [3.63, 3.8) is 0 Å². The Morgan fingerprint density at radius 2 is 2.00 bits per heavy atom. The van der Waals surface area contributed by atoms with E-state index in [1.54, 1.807) is 4.68 Å². The largest absolute Gasteiger partial charge is 0.374 e. The third-order valence-electron chi connectivity index (χ3n) is 3.34. The van der Waals surface area contributed by atoms with Crippen LogP contribution in [0.25, 0.3) is 0 Å². The van der Waals surface area contributed by atoms with Crippen molar-refractivity contribution in [3.05, 3.63) is 10.6 Å². The van der Waals surface area contributed by atoms with Crippen molar-refractivity contribution < 1.29 is 4.74 Å². The molecule has 84 valence electrons. The highest BCUT2D eigenvalue weighted by molar-refractivity contribution is 7.71. The van der Waals surface area contributed by atoms with Crippen molar-refractivity contribution in [1.29, 1.82) is 0 Å². The molecule has 15 heavy (non-hydrogen) atoms. The minimum absolute atomic E-state index is 0.204. The molecule has 0 bridgehead atoms. The lowest BCUT2D eigenvalue weighted by Gasteiger charge is -2.14. The van der Waals surface area contributed by atoms with E-state index >= 15 is 0 Å². The van der Waals surface area contributed by atoms with Crippen LogP contribution >= 0.6 is 12.2 Å². The summed E-state index contributed by atoms with van der Waals surface area (Å²) >= 11 is 5.10. The maximum absolute atomic E-state index is 5.79. The van der Waals surface area contributed by atoms with Gasteiger partial charge in [0.15, 0.2) is 0 Å². The molecule has 1 N–H and O–H groups in total. The average molecular weight is 227 g/mol. The van der Waals surface area contributed by atoms with Crippen LogP contribution in [0.15, 0.2) is 0 Å². The Morgan fingerprint density at radius 1 is 1.33 bits per heavy atom. The second-order valence-electron chi connectivity index (χ2n) is 4.38. The van der Waals surface area contributed by atoms with E-state index in [1.165, 1.54) is 0 Å². The van der Waals surface area contributed by atoms with Gasteiger partial charge in [-0.15, -0.1) is 0 Å². The molecule has 4 nitrogen and oxygen atoms in total. The van der Waals surface area contributed by atoms with Gasteiger partial charge in [0.25, 0.3) is 0 Å². The van der Waals surface area contributed by atoms with E-state index in [9.17, 15) is 0 Å². The number of hydrogen-bond acceptors (Lipinski definition) is 3. The molecule has 1 aliphatic rings. The fourth-order valence-corrected chi connectivity index (χ4v) is 2.45. The number of aryl methyl sites for hydroxylation is 1. The second kappa shape index (κ2) is 3.72. The van der Waals surface area contributed by atoms with Crippen molar-refractivity contribution >= 4 is 12.2 Å². The van der Waals surface area contributed by atoms with Crippen molar-refractivity contribution in [3.8, 4) is 0 Å². The summed E-state index contributed by atoms with van der Waals surface area (Å²) in [4.78, 5) is 4.37. The summed E-state index contributed by atoms with van der Waals surface area (Å²) in [5, 5.41) is 3.19. The third kappa shape index (κ3) is 1.74. The van der Waals surface area contributed by atoms with Gasteiger partial charge in [0, 0.05) is 13.0 Å². The Labute approximate surface area is 94.6 Å². The molecule has 0 saturated carbocycles. The third-order valence-corrected chi connectivity index (χ3v) is 3.71. The fraction of sp³-hybridized carbons (Fsp3) is 0.800. The van der Waals surface area contributed by atoms with Gasteiger partial charge in [0.05, 0.1) is 12.2 Å². The first-order valence-corrected chi connectivity index (χ1v) is 5.70. The molecule has 1 aromatic rings. The number of ether oxygens (including phenoxy) is 1. The Balaban J connectivity index is 2.34. The van der Waals surface area contributed by atoms with Crippen molar-refractivity contribution in [2.75, 3.05) is 0 Å². The minimum Gasteiger partial charge on any atom is -0.374 e. The first-order chi connectivity index (χ1) is 7.00. The lowest BCUT2D eigenvalue weighted by atomic mass is 9.89. The summed E-state index contributed by atoms with van der Waals surface area (Å²) in [6.07, 6.45) is 0.490. The van der Waals surface area contributed by atoms with Crippen LogP contribution < -0.4 is 0 Å². The molecule has 0 amide bonds. The Hall–Kier alpha value is -0.680. The van der Waals surface area contributed by atoms with Gasteiger partial charge in [-0.2, -0.15) is 0 Å². The van der Waals surface area contributed by atoms with Crippen LogP contribution in [0.3, 0.4) is 0 Å². The van der Waals surface area contributed by atoms with E-state index < -0.39 is 0 Å². The van der Waals surface area contributed by atoms with Crippen LogP contribution in [-0.4, -0.2) is 27.0 Å². The van der Waals surface area contributed by atoms with Gasteiger partial charge in [-0.1, -0.05) is 6.92 Å². The molecule has 0 aromatic carbocycles. The lowest BCUT2D eigenvalue weighted by molar-refractivity contribution is 0.0553. The molecule has 5 heteroatoms. The molecule has 2 heterocycles. The molecule has 1 aliphatic heterocycles. The molecular weight excluding hydrogens is 210 g/mol. The Kier molecular flexibility index (Phi) is 2.68. The topological polar surface area (TPSA) is 42.8 Å². The molecule has 0 aliphatic carbocycles. The predicted molar refractivity (Wildman–Crippen MR) is 60.3 cm³/mol. The fourth-order valence-electron chi connectivity index (χ4n) is 2.31. The first kappa shape index (κ1) is 10.8. The van der Waals surface area contributed by atoms with Crippen molar-refractivity contribution in [1.82, 2.24) is 14.8 Å². The SMILES string of the molecule is CC1OC(C)C(c2nc(=S)n(C)[nH]2)C1C. The molecule has 1 saturated heterocycles. The van der Waals surface area contributed by atoms with E-state index in [4.69, 9.17) is 17.0 Å². The van der Waals surface area contributed by atoms with Gasteiger partial charge < -0.3 is 4.74 Å². The highest BCUT2D eigenvalue weighted by Gasteiger charge is 2.39. The normalized spacial score (nSPS) is 36.0. The van der Waals surface area contributed by atoms with E-state index in [-0.39, 0.29) is 12.2 Å². The average Bonchev–Trinajstić information content (AvgIpc) is 2.57. The van der Waals surface area contributed by atoms with Crippen LogP contribution in [0.4, 0.5) is 0 Å². The molecule has 1 fully saturated rings. The van der Waals surface area contributed by atoms with E-state index in [0.29, 0.717) is 16.6 Å². The van der Waals surface area contributed by atoms with Gasteiger partial charge in [-0.3, -0.25) is 9.78 Å². The molecule has 4 unspecified atom stereocenters. The Bertz CT molecular complexity index is 411. The second-order valence-corrected chi connectivity index (χ2v) is 4.75. The van der Waals surface area contributed by atoms with E-state index in [1.807, 2.05) is 7.05 Å². The zero-order chi connectivity index (χ0) is 11.2. The zero-order valence-electron chi connectivity index (χ0n) is 9.52. The van der Waals surface area contributed by atoms with Gasteiger partial charge in [0.1, 0.15) is 5.82 Å². The molecule has 1 aromatic heterocycles. The van der Waals surface area contributed by atoms with Gasteiger partial charge in [-0.05, 0) is 32.0 Å². The van der Waals surface area contributed by atoms with Crippen LogP contribution in [0.5, 0.6) is 0 Å². The van der Waals surface area contributed by atoms with E-state index in [0.717, 1.165) is 5.82 Å². The summed E-state index contributed by atoms with van der Waals surface area (Å²) in [6.45, 7) is 6.40. The molecular formula is C10H17N3OS. The number of aromatic amines is 1. The quantitative estimate of drug-likeness (QED) is 0.746. The summed E-state index contributed by atoms with van der Waals surface area (Å²) in [5.41, 5.74) is 0. The monoisotopic (exact) mass is 227 g/mol. The first-order valence-electron chi connectivity index (χ1n) is 5.29. The number of nitrogens with one attached hydrogen (secondary N) is 1. The highest BCUT2D eigenvalue weighted by Crippen LogP contribution is 2.38. The maximum Gasteiger partial charge on any atom is 0.215 e. The highest BCUT2D eigenvalue weighted by atomic mass is 32.1. The number of hydrogen-bond donors (Lipinski definition) is 1. The molecule has 0 spiro atoms. The summed E-state index contributed by atoms with van der Waals surface area (Å²) < 4.78 is 8.16. The number of nitrogens with zero attached hydrogens (tertiary/aromatic N) is 2. The number of H-pyrrole nitrogens is 1. The van der Waals surface area contributed by atoms with E-state index in [2.05, 4.69) is 30.9 Å². The van der Waals surface area contributed by atoms with Crippen LogP contribution in [0, 0.1) is 10.7 Å². The lowest BCUT2D eigenvalue weighted by Crippen LogP contribution is -2.16. The molecule has 0 radical (unpaired) electrons. The molecule has 4 atom stereocenters. The molecule has 2 rings (SSSR count). The number of rotatable bonds is 1. The zero-order valence-corrected chi connectivity index (χ0v) is 10.3. The maximum atomic E-state index is 5.79. The smallest absolute Gasteiger partial charge is 0.215 e.